The van der Waals surface area contributed by atoms with Gasteiger partial charge in [-0.25, -0.2) is 4.98 Å². The molecule has 0 aromatic carbocycles. The lowest BCUT2D eigenvalue weighted by Crippen LogP contribution is -2.13. The average molecular weight is 249 g/mol. The Morgan fingerprint density at radius 3 is 2.56 bits per heavy atom. The van der Waals surface area contributed by atoms with Crippen molar-refractivity contribution in [2.24, 2.45) is 5.92 Å². The number of nitrogens with one attached hydrogen (secondary N) is 1. The molecule has 0 atom stereocenters. The van der Waals surface area contributed by atoms with Crippen LogP contribution in [0, 0.1) is 5.92 Å². The number of nitrogens with zero attached hydrogens (tertiary/aromatic N) is 2. The molecule has 1 aromatic rings. The Kier molecular flexibility index (Phi) is 4.04. The predicted octanol–water partition coefficient (Wildman–Crippen LogP) is 3.21. The van der Waals surface area contributed by atoms with E-state index in [1.54, 1.807) is 0 Å². The van der Waals surface area contributed by atoms with Gasteiger partial charge in [-0.3, -0.25) is 0 Å². The Bertz CT molecular complexity index is 400. The maximum atomic E-state index is 5.72. The van der Waals surface area contributed by atoms with E-state index in [4.69, 9.17) is 4.74 Å². The summed E-state index contributed by atoms with van der Waals surface area (Å²) in [5, 5.41) is 3.32. The number of rotatable bonds is 6. The van der Waals surface area contributed by atoms with Crippen molar-refractivity contribution in [2.75, 3.05) is 11.9 Å². The first-order valence-electron chi connectivity index (χ1n) is 6.83. The summed E-state index contributed by atoms with van der Waals surface area (Å²) in [5.41, 5.74) is 0. The van der Waals surface area contributed by atoms with E-state index < -0.39 is 0 Å². The highest BCUT2D eigenvalue weighted by Gasteiger charge is 2.27. The second kappa shape index (κ2) is 5.55. The normalized spacial score (nSPS) is 15.2. The van der Waals surface area contributed by atoms with Crippen LogP contribution in [0.25, 0.3) is 0 Å². The standard InChI is InChI=1S/C14H23N3O/c1-9(2)8-18-13-7-12(15-10(3)4)16-14(17-13)11-5-6-11/h7,9-11H,5-6,8H2,1-4H3,(H,15,16,17). The molecule has 0 saturated heterocycles. The van der Waals surface area contributed by atoms with Crippen molar-refractivity contribution >= 4 is 5.82 Å². The van der Waals surface area contributed by atoms with E-state index in [1.165, 1.54) is 12.8 Å². The molecular weight excluding hydrogens is 226 g/mol. The van der Waals surface area contributed by atoms with Crippen molar-refractivity contribution in [3.63, 3.8) is 0 Å². The third-order valence-corrected chi connectivity index (χ3v) is 2.66. The average Bonchev–Trinajstić information content (AvgIpc) is 3.08. The second-order valence-corrected chi connectivity index (χ2v) is 5.73. The number of anilines is 1. The molecule has 1 aromatic heterocycles. The monoisotopic (exact) mass is 249 g/mol. The summed E-state index contributed by atoms with van der Waals surface area (Å²) in [6.07, 6.45) is 2.41. The largest absolute Gasteiger partial charge is 0.477 e. The number of aromatic nitrogens is 2. The Labute approximate surface area is 109 Å². The third-order valence-electron chi connectivity index (χ3n) is 2.66. The van der Waals surface area contributed by atoms with E-state index in [1.807, 2.05) is 6.07 Å². The molecule has 0 unspecified atom stereocenters. The first kappa shape index (κ1) is 13.1. The van der Waals surface area contributed by atoms with Crippen molar-refractivity contribution < 1.29 is 4.74 Å². The van der Waals surface area contributed by atoms with E-state index in [-0.39, 0.29) is 0 Å². The highest BCUT2D eigenvalue weighted by molar-refractivity contribution is 5.40. The third kappa shape index (κ3) is 3.86. The zero-order valence-electron chi connectivity index (χ0n) is 11.7. The van der Waals surface area contributed by atoms with E-state index >= 15 is 0 Å². The van der Waals surface area contributed by atoms with Crippen molar-refractivity contribution in [3.8, 4) is 5.88 Å². The quantitative estimate of drug-likeness (QED) is 0.841. The Balaban J connectivity index is 2.13. The molecule has 100 valence electrons. The van der Waals surface area contributed by atoms with Gasteiger partial charge in [-0.05, 0) is 32.6 Å². The van der Waals surface area contributed by atoms with Crippen molar-refractivity contribution in [1.82, 2.24) is 9.97 Å². The fourth-order valence-electron chi connectivity index (χ4n) is 1.66. The first-order chi connectivity index (χ1) is 8.54. The molecule has 0 aliphatic heterocycles. The molecule has 1 aliphatic carbocycles. The smallest absolute Gasteiger partial charge is 0.218 e. The summed E-state index contributed by atoms with van der Waals surface area (Å²) < 4.78 is 5.72. The molecule has 18 heavy (non-hydrogen) atoms. The molecular formula is C14H23N3O. The Morgan fingerprint density at radius 2 is 2.00 bits per heavy atom. The van der Waals surface area contributed by atoms with Gasteiger partial charge in [0.25, 0.3) is 0 Å². The fourth-order valence-corrected chi connectivity index (χ4v) is 1.66. The second-order valence-electron chi connectivity index (χ2n) is 5.73. The maximum Gasteiger partial charge on any atom is 0.218 e. The summed E-state index contributed by atoms with van der Waals surface area (Å²) >= 11 is 0. The van der Waals surface area contributed by atoms with Crippen LogP contribution in [0.4, 0.5) is 5.82 Å². The molecule has 1 heterocycles. The first-order valence-corrected chi connectivity index (χ1v) is 6.83. The maximum absolute atomic E-state index is 5.72. The van der Waals surface area contributed by atoms with E-state index in [0.717, 1.165) is 11.6 Å². The molecule has 0 spiro atoms. The molecule has 1 aliphatic rings. The van der Waals surface area contributed by atoms with Gasteiger partial charge in [-0.2, -0.15) is 4.98 Å². The SMILES string of the molecule is CC(C)COc1cc(NC(C)C)nc(C2CC2)n1. The van der Waals surface area contributed by atoms with Gasteiger partial charge in [0.2, 0.25) is 5.88 Å². The van der Waals surface area contributed by atoms with E-state index in [2.05, 4.69) is 43.0 Å². The lowest BCUT2D eigenvalue weighted by atomic mass is 10.2. The summed E-state index contributed by atoms with van der Waals surface area (Å²) in [6.45, 7) is 9.18. The fraction of sp³-hybridized carbons (Fsp3) is 0.714. The minimum atomic E-state index is 0.366. The van der Waals surface area contributed by atoms with Crippen LogP contribution < -0.4 is 10.1 Å². The molecule has 1 fully saturated rings. The van der Waals surface area contributed by atoms with Gasteiger partial charge in [0.15, 0.2) is 0 Å². The van der Waals surface area contributed by atoms with Crippen LogP contribution >= 0.6 is 0 Å². The molecule has 4 heteroatoms. The van der Waals surface area contributed by atoms with E-state index in [9.17, 15) is 0 Å². The van der Waals surface area contributed by atoms with Gasteiger partial charge in [0, 0.05) is 18.0 Å². The molecule has 0 amide bonds. The Morgan fingerprint density at radius 1 is 1.28 bits per heavy atom. The number of hydrogen-bond donors (Lipinski definition) is 1. The van der Waals surface area contributed by atoms with Crippen LogP contribution in [0.15, 0.2) is 6.07 Å². The summed E-state index contributed by atoms with van der Waals surface area (Å²) in [4.78, 5) is 9.06. The van der Waals surface area contributed by atoms with Gasteiger partial charge in [-0.15, -0.1) is 0 Å². The Hall–Kier alpha value is -1.32. The molecule has 2 rings (SSSR count). The van der Waals surface area contributed by atoms with Gasteiger partial charge >= 0.3 is 0 Å². The zero-order chi connectivity index (χ0) is 13.1. The van der Waals surface area contributed by atoms with Crippen LogP contribution in [0.2, 0.25) is 0 Å². The van der Waals surface area contributed by atoms with Gasteiger partial charge in [0.05, 0.1) is 6.61 Å². The number of hydrogen-bond acceptors (Lipinski definition) is 4. The molecule has 0 radical (unpaired) electrons. The lowest BCUT2D eigenvalue weighted by molar-refractivity contribution is 0.260. The highest BCUT2D eigenvalue weighted by atomic mass is 16.5. The number of ether oxygens (including phenoxy) is 1. The van der Waals surface area contributed by atoms with Crippen LogP contribution in [0.5, 0.6) is 5.88 Å². The van der Waals surface area contributed by atoms with Crippen LogP contribution in [0.1, 0.15) is 52.3 Å². The summed E-state index contributed by atoms with van der Waals surface area (Å²) in [5.74, 6) is 3.55. The minimum Gasteiger partial charge on any atom is -0.477 e. The molecule has 4 nitrogen and oxygen atoms in total. The molecule has 1 N–H and O–H groups in total. The topological polar surface area (TPSA) is 47.0 Å². The van der Waals surface area contributed by atoms with Gasteiger partial charge in [-0.1, -0.05) is 13.8 Å². The lowest BCUT2D eigenvalue weighted by Gasteiger charge is -2.13. The summed E-state index contributed by atoms with van der Waals surface area (Å²) in [7, 11) is 0. The van der Waals surface area contributed by atoms with Gasteiger partial charge in [0.1, 0.15) is 11.6 Å². The highest BCUT2D eigenvalue weighted by Crippen LogP contribution is 2.39. The van der Waals surface area contributed by atoms with Gasteiger partial charge < -0.3 is 10.1 Å². The van der Waals surface area contributed by atoms with Crippen molar-refractivity contribution in [2.45, 2.75) is 52.5 Å². The van der Waals surface area contributed by atoms with Crippen molar-refractivity contribution in [3.05, 3.63) is 11.9 Å². The summed E-state index contributed by atoms with van der Waals surface area (Å²) in [6, 6.07) is 2.26. The van der Waals surface area contributed by atoms with Crippen LogP contribution in [0.3, 0.4) is 0 Å². The van der Waals surface area contributed by atoms with E-state index in [0.29, 0.717) is 30.4 Å². The zero-order valence-corrected chi connectivity index (χ0v) is 11.7. The minimum absolute atomic E-state index is 0.366. The predicted molar refractivity (Wildman–Crippen MR) is 73.1 cm³/mol. The molecule has 0 bridgehead atoms. The van der Waals surface area contributed by atoms with Crippen LogP contribution in [-0.4, -0.2) is 22.6 Å². The van der Waals surface area contributed by atoms with Crippen molar-refractivity contribution in [1.29, 1.82) is 0 Å². The molecule has 1 saturated carbocycles. The van der Waals surface area contributed by atoms with Crippen LogP contribution in [-0.2, 0) is 0 Å².